The standard InChI is InChI=1S/C17H18N2O/c1-18(2)13-10-8-12(9-11-13)16-14-6-4-5-7-15(14)19(3)17(16)20/h4-11,16H,1-3H3. The molecule has 1 amide bonds. The van der Waals surface area contributed by atoms with E-state index in [9.17, 15) is 4.79 Å². The molecule has 1 unspecified atom stereocenters. The minimum atomic E-state index is -0.174. The van der Waals surface area contributed by atoms with Crippen molar-refractivity contribution in [3.8, 4) is 0 Å². The summed E-state index contributed by atoms with van der Waals surface area (Å²) in [5, 5.41) is 0. The van der Waals surface area contributed by atoms with Gasteiger partial charge in [0.05, 0.1) is 5.92 Å². The molecule has 2 aromatic carbocycles. The second kappa shape index (κ2) is 4.67. The Morgan fingerprint density at radius 1 is 1.00 bits per heavy atom. The van der Waals surface area contributed by atoms with Crippen LogP contribution in [0, 0.1) is 0 Å². The van der Waals surface area contributed by atoms with Crippen molar-refractivity contribution >= 4 is 17.3 Å². The van der Waals surface area contributed by atoms with Crippen LogP contribution in [0.3, 0.4) is 0 Å². The summed E-state index contributed by atoms with van der Waals surface area (Å²) >= 11 is 0. The molecule has 1 aliphatic heterocycles. The highest BCUT2D eigenvalue weighted by atomic mass is 16.2. The molecule has 3 heteroatoms. The van der Waals surface area contributed by atoms with E-state index >= 15 is 0 Å². The van der Waals surface area contributed by atoms with E-state index in [0.717, 1.165) is 22.5 Å². The van der Waals surface area contributed by atoms with E-state index < -0.39 is 0 Å². The zero-order valence-electron chi connectivity index (χ0n) is 12.0. The van der Waals surface area contributed by atoms with Gasteiger partial charge in [-0.05, 0) is 29.3 Å². The van der Waals surface area contributed by atoms with E-state index in [1.54, 1.807) is 4.90 Å². The Morgan fingerprint density at radius 3 is 2.30 bits per heavy atom. The Morgan fingerprint density at radius 2 is 1.65 bits per heavy atom. The third kappa shape index (κ3) is 1.86. The maximum atomic E-state index is 12.5. The summed E-state index contributed by atoms with van der Waals surface area (Å²) in [7, 11) is 5.87. The van der Waals surface area contributed by atoms with Crippen LogP contribution in [-0.4, -0.2) is 27.1 Å². The average molecular weight is 266 g/mol. The van der Waals surface area contributed by atoms with Crippen molar-refractivity contribution in [2.45, 2.75) is 5.92 Å². The first kappa shape index (κ1) is 12.7. The Kier molecular flexibility index (Phi) is 2.97. The highest BCUT2D eigenvalue weighted by Crippen LogP contribution is 2.40. The predicted octanol–water partition coefficient (Wildman–Crippen LogP) is 2.86. The van der Waals surface area contributed by atoms with E-state index in [4.69, 9.17) is 0 Å². The number of rotatable bonds is 2. The van der Waals surface area contributed by atoms with E-state index in [1.165, 1.54) is 0 Å². The number of hydrogen-bond acceptors (Lipinski definition) is 2. The van der Waals surface area contributed by atoms with Crippen LogP contribution in [0.4, 0.5) is 11.4 Å². The molecule has 0 N–H and O–H groups in total. The quantitative estimate of drug-likeness (QED) is 0.834. The van der Waals surface area contributed by atoms with Crippen LogP contribution >= 0.6 is 0 Å². The summed E-state index contributed by atoms with van der Waals surface area (Å²) in [6.45, 7) is 0. The van der Waals surface area contributed by atoms with Gasteiger partial charge in [-0.1, -0.05) is 30.3 Å². The molecule has 0 spiro atoms. The Labute approximate surface area is 119 Å². The van der Waals surface area contributed by atoms with E-state index in [-0.39, 0.29) is 11.8 Å². The number of carbonyl (C=O) groups is 1. The van der Waals surface area contributed by atoms with Gasteiger partial charge in [0.25, 0.3) is 0 Å². The van der Waals surface area contributed by atoms with Crippen molar-refractivity contribution in [1.82, 2.24) is 0 Å². The van der Waals surface area contributed by atoms with Crippen molar-refractivity contribution in [3.63, 3.8) is 0 Å². The molecule has 0 aliphatic carbocycles. The van der Waals surface area contributed by atoms with E-state index in [1.807, 2.05) is 57.5 Å². The largest absolute Gasteiger partial charge is 0.378 e. The number of nitrogens with zero attached hydrogens (tertiary/aromatic N) is 2. The second-order valence-corrected chi connectivity index (χ2v) is 5.38. The summed E-state index contributed by atoms with van der Waals surface area (Å²) in [6, 6.07) is 16.2. The van der Waals surface area contributed by atoms with E-state index in [0.29, 0.717) is 0 Å². The molecule has 1 heterocycles. The molecule has 0 radical (unpaired) electrons. The van der Waals surface area contributed by atoms with Gasteiger partial charge in [-0.2, -0.15) is 0 Å². The molecule has 2 aromatic rings. The number of amides is 1. The number of anilines is 2. The molecule has 0 fully saturated rings. The second-order valence-electron chi connectivity index (χ2n) is 5.38. The highest BCUT2D eigenvalue weighted by Gasteiger charge is 2.35. The molecular formula is C17H18N2O. The lowest BCUT2D eigenvalue weighted by Gasteiger charge is -2.15. The molecule has 0 bridgehead atoms. The number of fused-ring (bicyclic) bond motifs is 1. The van der Waals surface area contributed by atoms with Gasteiger partial charge in [-0.3, -0.25) is 4.79 Å². The fourth-order valence-electron chi connectivity index (χ4n) is 2.77. The zero-order chi connectivity index (χ0) is 14.3. The van der Waals surface area contributed by atoms with Crippen molar-refractivity contribution in [2.75, 3.05) is 30.9 Å². The maximum Gasteiger partial charge on any atom is 0.238 e. The van der Waals surface area contributed by atoms with Crippen molar-refractivity contribution in [3.05, 3.63) is 59.7 Å². The van der Waals surface area contributed by atoms with Crippen molar-refractivity contribution in [2.24, 2.45) is 0 Å². The molecule has 1 aliphatic rings. The molecule has 1 atom stereocenters. The fourth-order valence-corrected chi connectivity index (χ4v) is 2.77. The lowest BCUT2D eigenvalue weighted by Crippen LogP contribution is -2.24. The van der Waals surface area contributed by atoms with Gasteiger partial charge in [-0.15, -0.1) is 0 Å². The highest BCUT2D eigenvalue weighted by molar-refractivity contribution is 6.06. The van der Waals surface area contributed by atoms with Crippen LogP contribution < -0.4 is 9.80 Å². The first-order valence-electron chi connectivity index (χ1n) is 6.73. The van der Waals surface area contributed by atoms with Crippen LogP contribution in [0.15, 0.2) is 48.5 Å². The van der Waals surface area contributed by atoms with Gasteiger partial charge >= 0.3 is 0 Å². The molecule has 20 heavy (non-hydrogen) atoms. The van der Waals surface area contributed by atoms with Gasteiger partial charge in [0.15, 0.2) is 0 Å². The first-order chi connectivity index (χ1) is 9.59. The third-order valence-electron chi connectivity index (χ3n) is 3.93. The monoisotopic (exact) mass is 266 g/mol. The summed E-state index contributed by atoms with van der Waals surface area (Å²) in [4.78, 5) is 16.3. The Hall–Kier alpha value is -2.29. The van der Waals surface area contributed by atoms with E-state index in [2.05, 4.69) is 17.0 Å². The number of carbonyl (C=O) groups excluding carboxylic acids is 1. The lowest BCUT2D eigenvalue weighted by atomic mass is 9.92. The summed E-state index contributed by atoms with van der Waals surface area (Å²) < 4.78 is 0. The normalized spacial score (nSPS) is 17.2. The third-order valence-corrected chi connectivity index (χ3v) is 3.93. The summed E-state index contributed by atoms with van der Waals surface area (Å²) in [5.74, 6) is -0.0313. The van der Waals surface area contributed by atoms with Crippen molar-refractivity contribution < 1.29 is 4.79 Å². The summed E-state index contributed by atoms with van der Waals surface area (Å²) in [6.07, 6.45) is 0. The molecule has 0 saturated carbocycles. The van der Waals surface area contributed by atoms with Gasteiger partial charge in [0.1, 0.15) is 0 Å². The van der Waals surface area contributed by atoms with Gasteiger partial charge in [0, 0.05) is 32.5 Å². The minimum Gasteiger partial charge on any atom is -0.378 e. The Balaban J connectivity index is 2.04. The smallest absolute Gasteiger partial charge is 0.238 e. The molecule has 0 saturated heterocycles. The van der Waals surface area contributed by atoms with Crippen LogP contribution in [0.2, 0.25) is 0 Å². The molecule has 0 aromatic heterocycles. The number of likely N-dealkylation sites (N-methyl/N-ethyl adjacent to an activating group) is 1. The summed E-state index contributed by atoms with van der Waals surface area (Å²) in [5.41, 5.74) is 4.30. The fraction of sp³-hybridized carbons (Fsp3) is 0.235. The molecular weight excluding hydrogens is 248 g/mol. The number of hydrogen-bond donors (Lipinski definition) is 0. The SMILES string of the molecule is CN(C)c1ccc(C2C(=O)N(C)c3ccccc32)cc1. The Bertz CT molecular complexity index is 646. The maximum absolute atomic E-state index is 12.5. The molecule has 102 valence electrons. The average Bonchev–Trinajstić information content (AvgIpc) is 2.72. The topological polar surface area (TPSA) is 23.6 Å². The van der Waals surface area contributed by atoms with Gasteiger partial charge in [0.2, 0.25) is 5.91 Å². The first-order valence-corrected chi connectivity index (χ1v) is 6.73. The van der Waals surface area contributed by atoms with Crippen LogP contribution in [0.25, 0.3) is 0 Å². The lowest BCUT2D eigenvalue weighted by molar-refractivity contribution is -0.118. The molecule has 3 nitrogen and oxygen atoms in total. The number of benzene rings is 2. The number of para-hydroxylation sites is 1. The van der Waals surface area contributed by atoms with Crippen LogP contribution in [0.1, 0.15) is 17.0 Å². The predicted molar refractivity (Wildman–Crippen MR) is 82.5 cm³/mol. The minimum absolute atomic E-state index is 0.142. The van der Waals surface area contributed by atoms with Gasteiger partial charge < -0.3 is 9.80 Å². The molecule has 3 rings (SSSR count). The zero-order valence-corrected chi connectivity index (χ0v) is 12.0. The van der Waals surface area contributed by atoms with Gasteiger partial charge in [-0.25, -0.2) is 0 Å². The van der Waals surface area contributed by atoms with Crippen LogP contribution in [0.5, 0.6) is 0 Å². The van der Waals surface area contributed by atoms with Crippen molar-refractivity contribution in [1.29, 1.82) is 0 Å². The van der Waals surface area contributed by atoms with Crippen LogP contribution in [-0.2, 0) is 4.79 Å².